The Labute approximate surface area is 104 Å². The fourth-order valence-corrected chi connectivity index (χ4v) is 1.88. The van der Waals surface area contributed by atoms with Gasteiger partial charge in [-0.1, -0.05) is 29.8 Å². The Bertz CT molecular complexity index is 578. The Hall–Kier alpha value is -1.81. The van der Waals surface area contributed by atoms with Crippen LogP contribution in [-0.4, -0.2) is 23.9 Å². The molecule has 0 aliphatic heterocycles. The Morgan fingerprint density at radius 1 is 1.24 bits per heavy atom. The molecule has 1 aromatic heterocycles. The molecular weight excluding hydrogens is 238 g/mol. The van der Waals surface area contributed by atoms with Crippen LogP contribution in [0.15, 0.2) is 41.3 Å². The van der Waals surface area contributed by atoms with Gasteiger partial charge in [0.25, 0.3) is 5.56 Å². The SMILES string of the molecule is CN(C)c1c(Cl)cnn(-c2ccccc2)c1=O. The van der Waals surface area contributed by atoms with Gasteiger partial charge in [0.1, 0.15) is 5.69 Å². The number of benzene rings is 1. The van der Waals surface area contributed by atoms with Gasteiger partial charge in [-0.05, 0) is 12.1 Å². The first-order valence-corrected chi connectivity index (χ1v) is 5.49. The lowest BCUT2D eigenvalue weighted by Crippen LogP contribution is -2.28. The summed E-state index contributed by atoms with van der Waals surface area (Å²) in [4.78, 5) is 13.9. The number of halogens is 1. The number of nitrogens with zero attached hydrogens (tertiary/aromatic N) is 3. The monoisotopic (exact) mass is 249 g/mol. The van der Waals surface area contributed by atoms with Gasteiger partial charge in [-0.25, -0.2) is 0 Å². The molecular formula is C12H12ClN3O. The summed E-state index contributed by atoms with van der Waals surface area (Å²) >= 11 is 5.97. The van der Waals surface area contributed by atoms with Crippen LogP contribution >= 0.6 is 11.6 Å². The molecule has 0 aliphatic rings. The predicted molar refractivity (Wildman–Crippen MR) is 69.2 cm³/mol. The summed E-state index contributed by atoms with van der Waals surface area (Å²) in [5.74, 6) is 0. The van der Waals surface area contributed by atoms with Crippen LogP contribution in [0.2, 0.25) is 5.02 Å². The van der Waals surface area contributed by atoms with E-state index in [1.807, 2.05) is 30.3 Å². The topological polar surface area (TPSA) is 38.1 Å². The van der Waals surface area contributed by atoms with Gasteiger partial charge >= 0.3 is 0 Å². The highest BCUT2D eigenvalue weighted by atomic mass is 35.5. The Morgan fingerprint density at radius 2 is 1.88 bits per heavy atom. The number of rotatable bonds is 2. The molecule has 0 amide bonds. The second kappa shape index (κ2) is 4.59. The average Bonchev–Trinajstić information content (AvgIpc) is 2.30. The maximum Gasteiger partial charge on any atom is 0.296 e. The van der Waals surface area contributed by atoms with Crippen molar-refractivity contribution in [2.75, 3.05) is 19.0 Å². The third kappa shape index (κ3) is 2.17. The fraction of sp³-hybridized carbons (Fsp3) is 0.167. The van der Waals surface area contributed by atoms with Crippen molar-refractivity contribution in [3.05, 3.63) is 51.9 Å². The molecule has 0 saturated heterocycles. The summed E-state index contributed by atoms with van der Waals surface area (Å²) in [7, 11) is 3.55. The fourth-order valence-electron chi connectivity index (χ4n) is 1.58. The molecule has 4 nitrogen and oxygen atoms in total. The molecule has 0 spiro atoms. The van der Waals surface area contributed by atoms with Crippen molar-refractivity contribution in [2.45, 2.75) is 0 Å². The smallest absolute Gasteiger partial charge is 0.296 e. The van der Waals surface area contributed by atoms with E-state index in [9.17, 15) is 4.79 Å². The zero-order chi connectivity index (χ0) is 12.4. The maximum atomic E-state index is 12.2. The van der Waals surface area contributed by atoms with E-state index in [-0.39, 0.29) is 5.56 Å². The lowest BCUT2D eigenvalue weighted by atomic mass is 10.3. The summed E-state index contributed by atoms with van der Waals surface area (Å²) in [5.41, 5.74) is 0.927. The standard InChI is InChI=1S/C12H12ClN3O/c1-15(2)11-10(13)8-14-16(12(11)17)9-6-4-3-5-7-9/h3-8H,1-2H3. The number of hydrogen-bond donors (Lipinski definition) is 0. The van der Waals surface area contributed by atoms with Gasteiger partial charge in [-0.2, -0.15) is 9.78 Å². The van der Waals surface area contributed by atoms with Gasteiger partial charge in [-0.3, -0.25) is 4.79 Å². The van der Waals surface area contributed by atoms with Gasteiger partial charge in [0.15, 0.2) is 0 Å². The molecule has 0 fully saturated rings. The predicted octanol–water partition coefficient (Wildman–Crippen LogP) is 1.95. The zero-order valence-electron chi connectivity index (χ0n) is 9.59. The summed E-state index contributed by atoms with van der Waals surface area (Å²) < 4.78 is 1.33. The van der Waals surface area contributed by atoms with Crippen LogP contribution in [0.4, 0.5) is 5.69 Å². The normalized spacial score (nSPS) is 10.3. The first-order chi connectivity index (χ1) is 8.11. The number of anilines is 1. The highest BCUT2D eigenvalue weighted by Gasteiger charge is 2.12. The summed E-state index contributed by atoms with van der Waals surface area (Å²) in [6.07, 6.45) is 1.48. The van der Waals surface area contributed by atoms with Gasteiger partial charge in [0.05, 0.1) is 16.9 Å². The van der Waals surface area contributed by atoms with Crippen LogP contribution in [0.1, 0.15) is 0 Å². The second-order valence-electron chi connectivity index (χ2n) is 3.79. The van der Waals surface area contributed by atoms with E-state index in [2.05, 4.69) is 5.10 Å². The van der Waals surface area contributed by atoms with Crippen molar-refractivity contribution in [1.29, 1.82) is 0 Å². The van der Waals surface area contributed by atoms with Crippen molar-refractivity contribution in [3.8, 4) is 5.69 Å². The summed E-state index contributed by atoms with van der Waals surface area (Å²) in [6.45, 7) is 0. The van der Waals surface area contributed by atoms with E-state index in [1.54, 1.807) is 19.0 Å². The molecule has 2 rings (SSSR count). The van der Waals surface area contributed by atoms with Crippen molar-refractivity contribution in [2.24, 2.45) is 0 Å². The third-order valence-corrected chi connectivity index (χ3v) is 2.63. The Morgan fingerprint density at radius 3 is 2.47 bits per heavy atom. The molecule has 17 heavy (non-hydrogen) atoms. The molecule has 0 bridgehead atoms. The van der Waals surface area contributed by atoms with Crippen LogP contribution < -0.4 is 10.5 Å². The first kappa shape index (κ1) is 11.7. The summed E-state index contributed by atoms with van der Waals surface area (Å²) in [5, 5.41) is 4.39. The van der Waals surface area contributed by atoms with E-state index in [0.717, 1.165) is 5.69 Å². The van der Waals surface area contributed by atoms with E-state index < -0.39 is 0 Å². The molecule has 0 radical (unpaired) electrons. The molecule has 0 atom stereocenters. The van der Waals surface area contributed by atoms with Crippen LogP contribution in [0, 0.1) is 0 Å². The molecule has 0 aliphatic carbocycles. The maximum absolute atomic E-state index is 12.2. The molecule has 0 unspecified atom stereocenters. The molecule has 5 heteroatoms. The quantitative estimate of drug-likeness (QED) is 0.817. The van der Waals surface area contributed by atoms with Crippen molar-refractivity contribution in [1.82, 2.24) is 9.78 Å². The molecule has 0 saturated carbocycles. The largest absolute Gasteiger partial charge is 0.372 e. The number of hydrogen-bond acceptors (Lipinski definition) is 3. The lowest BCUT2D eigenvalue weighted by Gasteiger charge is -2.14. The molecule has 88 valence electrons. The summed E-state index contributed by atoms with van der Waals surface area (Å²) in [6, 6.07) is 9.24. The van der Waals surface area contributed by atoms with E-state index in [1.165, 1.54) is 10.9 Å². The second-order valence-corrected chi connectivity index (χ2v) is 4.20. The van der Waals surface area contributed by atoms with Gasteiger partial charge in [0.2, 0.25) is 0 Å². The molecule has 2 aromatic rings. The number of aromatic nitrogens is 2. The van der Waals surface area contributed by atoms with Crippen molar-refractivity contribution >= 4 is 17.3 Å². The van der Waals surface area contributed by atoms with Gasteiger partial charge in [0, 0.05) is 14.1 Å². The minimum absolute atomic E-state index is 0.228. The van der Waals surface area contributed by atoms with Gasteiger partial charge < -0.3 is 4.90 Å². The van der Waals surface area contributed by atoms with E-state index >= 15 is 0 Å². The minimum atomic E-state index is -0.228. The van der Waals surface area contributed by atoms with Crippen molar-refractivity contribution in [3.63, 3.8) is 0 Å². The molecule has 0 N–H and O–H groups in total. The Kier molecular flexibility index (Phi) is 3.15. The average molecular weight is 250 g/mol. The highest BCUT2D eigenvalue weighted by Crippen LogP contribution is 2.18. The van der Waals surface area contributed by atoms with E-state index in [0.29, 0.717) is 10.7 Å². The highest BCUT2D eigenvalue weighted by molar-refractivity contribution is 6.33. The lowest BCUT2D eigenvalue weighted by molar-refractivity contribution is 0.801. The molecule has 1 aromatic carbocycles. The van der Waals surface area contributed by atoms with Crippen LogP contribution in [-0.2, 0) is 0 Å². The van der Waals surface area contributed by atoms with Gasteiger partial charge in [-0.15, -0.1) is 0 Å². The Balaban J connectivity index is 2.66. The van der Waals surface area contributed by atoms with Crippen LogP contribution in [0.3, 0.4) is 0 Å². The number of para-hydroxylation sites is 1. The zero-order valence-corrected chi connectivity index (χ0v) is 10.3. The van der Waals surface area contributed by atoms with Crippen molar-refractivity contribution < 1.29 is 0 Å². The van der Waals surface area contributed by atoms with Crippen LogP contribution in [0.25, 0.3) is 5.69 Å². The van der Waals surface area contributed by atoms with E-state index in [4.69, 9.17) is 11.6 Å². The first-order valence-electron chi connectivity index (χ1n) is 5.12. The molecule has 1 heterocycles. The minimum Gasteiger partial charge on any atom is -0.372 e. The third-order valence-electron chi connectivity index (χ3n) is 2.36. The van der Waals surface area contributed by atoms with Crippen LogP contribution in [0.5, 0.6) is 0 Å².